The van der Waals surface area contributed by atoms with E-state index in [4.69, 9.17) is 0 Å². The number of nitrogens with zero attached hydrogens (tertiary/aromatic N) is 2. The second-order valence-corrected chi connectivity index (χ2v) is 5.79. The summed E-state index contributed by atoms with van der Waals surface area (Å²) in [6.45, 7) is 7.67. The molecule has 0 spiro atoms. The summed E-state index contributed by atoms with van der Waals surface area (Å²) in [6, 6.07) is 0.376. The Bertz CT molecular complexity index is 318. The van der Waals surface area contributed by atoms with E-state index in [1.54, 1.807) is 11.8 Å². The molecule has 0 bridgehead atoms. The molecule has 1 unspecified atom stereocenters. The van der Waals surface area contributed by atoms with Gasteiger partial charge in [-0.3, -0.25) is 9.59 Å². The molecule has 0 aromatic heterocycles. The lowest BCUT2D eigenvalue weighted by Crippen LogP contribution is -2.48. The van der Waals surface area contributed by atoms with Gasteiger partial charge < -0.3 is 9.80 Å². The van der Waals surface area contributed by atoms with E-state index >= 15 is 0 Å². The van der Waals surface area contributed by atoms with Gasteiger partial charge in [0.25, 0.3) is 0 Å². The standard InChI is InChI=1S/C16H30N2O2/c1-4-6-8-11-17(14(3)19)13-16(20)18-12-9-7-10-15(18)5-2/h15H,4-13H2,1-3H3. The van der Waals surface area contributed by atoms with Crippen molar-refractivity contribution in [2.75, 3.05) is 19.6 Å². The lowest BCUT2D eigenvalue weighted by atomic mass is 10.00. The Morgan fingerprint density at radius 2 is 1.95 bits per heavy atom. The van der Waals surface area contributed by atoms with Crippen molar-refractivity contribution in [1.29, 1.82) is 0 Å². The summed E-state index contributed by atoms with van der Waals surface area (Å²) in [4.78, 5) is 27.8. The zero-order valence-electron chi connectivity index (χ0n) is 13.4. The van der Waals surface area contributed by atoms with Crippen LogP contribution >= 0.6 is 0 Å². The first-order valence-corrected chi connectivity index (χ1v) is 8.15. The average Bonchev–Trinajstić information content (AvgIpc) is 2.46. The van der Waals surface area contributed by atoms with Crippen LogP contribution < -0.4 is 0 Å². The average molecular weight is 282 g/mol. The summed E-state index contributed by atoms with van der Waals surface area (Å²) in [5.74, 6) is 0.141. The molecule has 1 fully saturated rings. The first-order chi connectivity index (χ1) is 9.60. The third-order valence-electron chi connectivity index (χ3n) is 4.22. The van der Waals surface area contributed by atoms with Gasteiger partial charge >= 0.3 is 0 Å². The van der Waals surface area contributed by atoms with Gasteiger partial charge in [0, 0.05) is 26.1 Å². The fourth-order valence-corrected chi connectivity index (χ4v) is 2.91. The van der Waals surface area contributed by atoms with Crippen LogP contribution in [0.25, 0.3) is 0 Å². The minimum absolute atomic E-state index is 0.0134. The third-order valence-corrected chi connectivity index (χ3v) is 4.22. The Morgan fingerprint density at radius 3 is 2.55 bits per heavy atom. The van der Waals surface area contributed by atoms with Crippen LogP contribution in [0.1, 0.15) is 65.7 Å². The van der Waals surface area contributed by atoms with Gasteiger partial charge in [-0.2, -0.15) is 0 Å². The molecule has 1 aliphatic heterocycles. The molecule has 0 aliphatic carbocycles. The molecule has 1 saturated heterocycles. The van der Waals surface area contributed by atoms with E-state index in [0.29, 0.717) is 12.6 Å². The SMILES string of the molecule is CCCCCN(CC(=O)N1CCCCC1CC)C(C)=O. The second-order valence-electron chi connectivity index (χ2n) is 5.79. The highest BCUT2D eigenvalue weighted by Gasteiger charge is 2.26. The topological polar surface area (TPSA) is 40.6 Å². The van der Waals surface area contributed by atoms with Crippen LogP contribution in [0.4, 0.5) is 0 Å². The Kier molecular flexibility index (Phi) is 7.63. The highest BCUT2D eigenvalue weighted by atomic mass is 16.2. The molecule has 4 heteroatoms. The Morgan fingerprint density at radius 1 is 1.20 bits per heavy atom. The number of carbonyl (C=O) groups excluding carboxylic acids is 2. The van der Waals surface area contributed by atoms with E-state index in [1.807, 2.05) is 4.90 Å². The van der Waals surface area contributed by atoms with E-state index in [9.17, 15) is 9.59 Å². The molecule has 2 amide bonds. The van der Waals surface area contributed by atoms with E-state index in [1.165, 1.54) is 6.42 Å². The van der Waals surface area contributed by atoms with Crippen molar-refractivity contribution < 1.29 is 9.59 Å². The Hall–Kier alpha value is -1.06. The van der Waals surface area contributed by atoms with E-state index < -0.39 is 0 Å². The summed E-state index contributed by atoms with van der Waals surface area (Å²) >= 11 is 0. The maximum Gasteiger partial charge on any atom is 0.242 e. The normalized spacial score (nSPS) is 18.9. The van der Waals surface area contributed by atoms with Crippen LogP contribution in [0, 0.1) is 0 Å². The fraction of sp³-hybridized carbons (Fsp3) is 0.875. The van der Waals surface area contributed by atoms with Gasteiger partial charge in [0.15, 0.2) is 0 Å². The maximum atomic E-state index is 12.4. The molecular weight excluding hydrogens is 252 g/mol. The van der Waals surface area contributed by atoms with Crippen molar-refractivity contribution >= 4 is 11.8 Å². The monoisotopic (exact) mass is 282 g/mol. The minimum Gasteiger partial charge on any atom is -0.338 e. The second kappa shape index (κ2) is 8.98. The van der Waals surface area contributed by atoms with Crippen molar-refractivity contribution in [3.63, 3.8) is 0 Å². The summed E-state index contributed by atoms with van der Waals surface area (Å²) in [7, 11) is 0. The highest BCUT2D eigenvalue weighted by molar-refractivity contribution is 5.84. The first-order valence-electron chi connectivity index (χ1n) is 8.15. The minimum atomic E-state index is 0.0134. The van der Waals surface area contributed by atoms with Gasteiger partial charge in [-0.05, 0) is 32.1 Å². The largest absolute Gasteiger partial charge is 0.338 e. The summed E-state index contributed by atoms with van der Waals surface area (Å²) in [5.41, 5.74) is 0. The molecule has 116 valence electrons. The first kappa shape index (κ1) is 17.0. The fourth-order valence-electron chi connectivity index (χ4n) is 2.91. The molecule has 1 heterocycles. The smallest absolute Gasteiger partial charge is 0.242 e. The van der Waals surface area contributed by atoms with Crippen LogP contribution in [0.3, 0.4) is 0 Å². The Labute approximate surface area is 123 Å². The summed E-state index contributed by atoms with van der Waals surface area (Å²) in [6.07, 6.45) is 7.66. The zero-order valence-corrected chi connectivity index (χ0v) is 13.4. The summed E-state index contributed by atoms with van der Waals surface area (Å²) in [5, 5.41) is 0. The molecular formula is C16H30N2O2. The van der Waals surface area contributed by atoms with Gasteiger partial charge in [-0.25, -0.2) is 0 Å². The Balaban J connectivity index is 2.53. The number of hydrogen-bond acceptors (Lipinski definition) is 2. The van der Waals surface area contributed by atoms with Gasteiger partial charge in [-0.15, -0.1) is 0 Å². The van der Waals surface area contributed by atoms with E-state index in [0.717, 1.165) is 45.1 Å². The molecule has 1 rings (SSSR count). The van der Waals surface area contributed by atoms with Crippen LogP contribution in [-0.4, -0.2) is 47.3 Å². The highest BCUT2D eigenvalue weighted by Crippen LogP contribution is 2.19. The molecule has 0 N–H and O–H groups in total. The molecule has 0 saturated carbocycles. The maximum absolute atomic E-state index is 12.4. The van der Waals surface area contributed by atoms with Gasteiger partial charge in [0.1, 0.15) is 0 Å². The number of carbonyl (C=O) groups is 2. The summed E-state index contributed by atoms with van der Waals surface area (Å²) < 4.78 is 0. The molecule has 0 aromatic carbocycles. The van der Waals surface area contributed by atoms with Crippen LogP contribution in [0.5, 0.6) is 0 Å². The molecule has 1 atom stereocenters. The van der Waals surface area contributed by atoms with Gasteiger partial charge in [-0.1, -0.05) is 26.7 Å². The molecule has 1 aliphatic rings. The molecule has 20 heavy (non-hydrogen) atoms. The van der Waals surface area contributed by atoms with Gasteiger partial charge in [0.05, 0.1) is 6.54 Å². The van der Waals surface area contributed by atoms with E-state index in [-0.39, 0.29) is 18.4 Å². The molecule has 4 nitrogen and oxygen atoms in total. The molecule has 0 aromatic rings. The van der Waals surface area contributed by atoms with Crippen LogP contribution in [-0.2, 0) is 9.59 Å². The number of amides is 2. The quantitative estimate of drug-likeness (QED) is 0.674. The lowest BCUT2D eigenvalue weighted by molar-refractivity contribution is -0.142. The number of piperidine rings is 1. The van der Waals surface area contributed by atoms with Gasteiger partial charge in [0.2, 0.25) is 11.8 Å². The predicted molar refractivity (Wildman–Crippen MR) is 81.4 cm³/mol. The number of likely N-dealkylation sites (tertiary alicyclic amines) is 1. The third kappa shape index (κ3) is 5.14. The predicted octanol–water partition coefficient (Wildman–Crippen LogP) is 2.82. The van der Waals surface area contributed by atoms with Crippen LogP contribution in [0.2, 0.25) is 0 Å². The lowest BCUT2D eigenvalue weighted by Gasteiger charge is -2.36. The van der Waals surface area contributed by atoms with Crippen LogP contribution in [0.15, 0.2) is 0 Å². The van der Waals surface area contributed by atoms with Crippen molar-refractivity contribution in [1.82, 2.24) is 9.80 Å². The number of hydrogen-bond donors (Lipinski definition) is 0. The van der Waals surface area contributed by atoms with Crippen molar-refractivity contribution in [3.05, 3.63) is 0 Å². The van der Waals surface area contributed by atoms with Crippen molar-refractivity contribution in [2.24, 2.45) is 0 Å². The number of unbranched alkanes of at least 4 members (excludes halogenated alkanes) is 2. The van der Waals surface area contributed by atoms with Crippen molar-refractivity contribution in [2.45, 2.75) is 71.8 Å². The number of rotatable bonds is 7. The van der Waals surface area contributed by atoms with Crippen molar-refractivity contribution in [3.8, 4) is 0 Å². The zero-order chi connectivity index (χ0) is 15.0. The van der Waals surface area contributed by atoms with E-state index in [2.05, 4.69) is 13.8 Å². The molecule has 0 radical (unpaired) electrons.